The average molecular weight is 1130 g/mol. The number of ether oxygens (including phenoxy) is 3. The lowest BCUT2D eigenvalue weighted by atomic mass is 10.0. The molecule has 0 spiro atoms. The van der Waals surface area contributed by atoms with Crippen molar-refractivity contribution in [1.82, 2.24) is 0 Å². The van der Waals surface area contributed by atoms with Crippen molar-refractivity contribution in [3.63, 3.8) is 0 Å². The monoisotopic (exact) mass is 1130 g/mol. The zero-order valence-corrected chi connectivity index (χ0v) is 53.2. The van der Waals surface area contributed by atoms with Crippen LogP contribution in [0.15, 0.2) is 146 Å². The van der Waals surface area contributed by atoms with E-state index in [0.717, 1.165) is 148 Å². The van der Waals surface area contributed by atoms with Crippen molar-refractivity contribution in [2.75, 3.05) is 13.2 Å². The van der Waals surface area contributed by atoms with Gasteiger partial charge in [0, 0.05) is 19.3 Å². The van der Waals surface area contributed by atoms with E-state index in [9.17, 15) is 14.4 Å². The van der Waals surface area contributed by atoms with Crippen LogP contribution in [0, 0.1) is 0 Å². The second kappa shape index (κ2) is 68.8. The average Bonchev–Trinajstić information content (AvgIpc) is 3.47. The Balaban J connectivity index is 4.14. The molecule has 0 aliphatic rings. The molecule has 1 unspecified atom stereocenters. The van der Waals surface area contributed by atoms with Gasteiger partial charge in [0.15, 0.2) is 6.10 Å². The molecule has 6 heteroatoms. The molecule has 0 bridgehead atoms. The molecule has 0 rings (SSSR count). The number of unbranched alkanes of at least 4 members (excludes halogenated alkanes) is 25. The van der Waals surface area contributed by atoms with Crippen LogP contribution in [0.1, 0.15) is 297 Å². The van der Waals surface area contributed by atoms with Crippen molar-refractivity contribution in [2.45, 2.75) is 303 Å². The third-order valence-corrected chi connectivity index (χ3v) is 14.1. The molecule has 1 atom stereocenters. The molecular weight excluding hydrogens is 1010 g/mol. The molecule has 0 aliphatic carbocycles. The first kappa shape index (κ1) is 77.3. The molecular formula is C76H124O6. The number of esters is 3. The van der Waals surface area contributed by atoms with E-state index >= 15 is 0 Å². The van der Waals surface area contributed by atoms with Crippen LogP contribution in [-0.2, 0) is 28.6 Å². The number of hydrogen-bond donors (Lipinski definition) is 0. The maximum Gasteiger partial charge on any atom is 0.306 e. The number of allylic oxidation sites excluding steroid dienone is 24. The van der Waals surface area contributed by atoms with Crippen molar-refractivity contribution in [3.05, 3.63) is 146 Å². The lowest BCUT2D eigenvalue weighted by Gasteiger charge is -2.18. The normalized spacial score (nSPS) is 13.1. The molecule has 0 aromatic rings. The Labute approximate surface area is 506 Å². The molecule has 0 N–H and O–H groups in total. The highest BCUT2D eigenvalue weighted by molar-refractivity contribution is 5.71. The van der Waals surface area contributed by atoms with Gasteiger partial charge in [0.2, 0.25) is 0 Å². The van der Waals surface area contributed by atoms with E-state index in [1.165, 1.54) is 109 Å². The first-order chi connectivity index (χ1) is 40.5. The summed E-state index contributed by atoms with van der Waals surface area (Å²) < 4.78 is 16.8. The second-order valence-electron chi connectivity index (χ2n) is 22.0. The zero-order valence-electron chi connectivity index (χ0n) is 53.2. The molecule has 0 aromatic heterocycles. The fourth-order valence-corrected chi connectivity index (χ4v) is 9.10. The van der Waals surface area contributed by atoms with Gasteiger partial charge in [-0.2, -0.15) is 0 Å². The fraction of sp³-hybridized carbons (Fsp3) is 0.645. The first-order valence-corrected chi connectivity index (χ1v) is 33.8. The lowest BCUT2D eigenvalue weighted by Crippen LogP contribution is -2.30. The van der Waals surface area contributed by atoms with Gasteiger partial charge in [-0.05, 0) is 122 Å². The second-order valence-corrected chi connectivity index (χ2v) is 22.0. The van der Waals surface area contributed by atoms with Crippen molar-refractivity contribution in [1.29, 1.82) is 0 Å². The summed E-state index contributed by atoms with van der Waals surface area (Å²) >= 11 is 0. The Morgan fingerprint density at radius 1 is 0.256 bits per heavy atom. The molecule has 6 nitrogen and oxygen atoms in total. The lowest BCUT2D eigenvalue weighted by molar-refractivity contribution is -0.167. The van der Waals surface area contributed by atoms with E-state index in [1.54, 1.807) is 0 Å². The van der Waals surface area contributed by atoms with Crippen molar-refractivity contribution in [2.24, 2.45) is 0 Å². The van der Waals surface area contributed by atoms with Gasteiger partial charge in [0.05, 0.1) is 0 Å². The van der Waals surface area contributed by atoms with Gasteiger partial charge in [-0.25, -0.2) is 0 Å². The Kier molecular flexibility index (Phi) is 64.8. The van der Waals surface area contributed by atoms with Gasteiger partial charge in [0.1, 0.15) is 13.2 Å². The maximum absolute atomic E-state index is 12.9. The van der Waals surface area contributed by atoms with Crippen molar-refractivity contribution < 1.29 is 28.6 Å². The molecule has 464 valence electrons. The quantitative estimate of drug-likeness (QED) is 0.0261. The Morgan fingerprint density at radius 3 is 0.744 bits per heavy atom. The van der Waals surface area contributed by atoms with Crippen molar-refractivity contribution >= 4 is 17.9 Å². The molecule has 0 aliphatic heterocycles. The van der Waals surface area contributed by atoms with Gasteiger partial charge < -0.3 is 14.2 Å². The van der Waals surface area contributed by atoms with Gasteiger partial charge >= 0.3 is 17.9 Å². The van der Waals surface area contributed by atoms with E-state index in [1.807, 2.05) is 0 Å². The summed E-state index contributed by atoms with van der Waals surface area (Å²) in [5, 5.41) is 0. The van der Waals surface area contributed by atoms with Crippen LogP contribution in [0.25, 0.3) is 0 Å². The van der Waals surface area contributed by atoms with E-state index in [0.29, 0.717) is 19.3 Å². The van der Waals surface area contributed by atoms with Crippen LogP contribution in [0.2, 0.25) is 0 Å². The summed E-state index contributed by atoms with van der Waals surface area (Å²) in [4.78, 5) is 38.1. The minimum Gasteiger partial charge on any atom is -0.462 e. The van der Waals surface area contributed by atoms with Crippen molar-refractivity contribution in [3.8, 4) is 0 Å². The van der Waals surface area contributed by atoms with E-state index in [4.69, 9.17) is 14.2 Å². The fourth-order valence-electron chi connectivity index (χ4n) is 9.10. The van der Waals surface area contributed by atoms with Crippen LogP contribution in [0.3, 0.4) is 0 Å². The first-order valence-electron chi connectivity index (χ1n) is 33.8. The van der Waals surface area contributed by atoms with Crippen LogP contribution >= 0.6 is 0 Å². The van der Waals surface area contributed by atoms with E-state index in [2.05, 4.69) is 167 Å². The van der Waals surface area contributed by atoms with E-state index < -0.39 is 6.10 Å². The molecule has 0 fully saturated rings. The highest BCUT2D eigenvalue weighted by atomic mass is 16.6. The molecule has 0 radical (unpaired) electrons. The predicted octanol–water partition coefficient (Wildman–Crippen LogP) is 23.5. The van der Waals surface area contributed by atoms with Gasteiger partial charge in [-0.1, -0.05) is 301 Å². The number of rotatable bonds is 60. The molecule has 0 saturated carbocycles. The zero-order chi connectivity index (χ0) is 59.2. The predicted molar refractivity (Wildman–Crippen MR) is 357 cm³/mol. The number of hydrogen-bond acceptors (Lipinski definition) is 6. The Hall–Kier alpha value is -4.71. The maximum atomic E-state index is 12.9. The highest BCUT2D eigenvalue weighted by Gasteiger charge is 2.19. The minimum absolute atomic E-state index is 0.0886. The van der Waals surface area contributed by atoms with Gasteiger partial charge in [-0.15, -0.1) is 0 Å². The van der Waals surface area contributed by atoms with Crippen LogP contribution in [0.5, 0.6) is 0 Å². The summed E-state index contributed by atoms with van der Waals surface area (Å²) in [5.41, 5.74) is 0. The summed E-state index contributed by atoms with van der Waals surface area (Å²) in [6.07, 6.45) is 99.0. The largest absolute Gasteiger partial charge is 0.462 e. The Morgan fingerprint density at radius 2 is 0.476 bits per heavy atom. The summed E-state index contributed by atoms with van der Waals surface area (Å²) in [6.45, 7) is 6.34. The van der Waals surface area contributed by atoms with Crippen LogP contribution < -0.4 is 0 Å². The molecule has 0 aromatic carbocycles. The standard InChI is InChI=1S/C76H124O6/c1-4-7-10-13-16-18-20-22-24-26-28-30-32-34-36-38-40-42-44-46-48-50-52-54-56-58-60-63-66-69-75(78)81-72-73(71-80-74(77)68-65-62-15-12-9-6-3)82-76(79)70-67-64-61-59-57-55-53-51-49-47-45-43-41-39-37-35-33-31-29-27-25-23-21-19-17-14-11-8-5-2/h7-8,10-11,16-19,22-25,28-31,34,36,40,42,46,48,52,54,73H,4-6,9,12-15,20-21,26-27,32-33,35,37-39,41,43-45,47,49-51,53,55-72H2,1-3H3/b10-7-,11-8-,18-16-,19-17-,24-22-,25-23-,30-28-,31-29-,36-34-,42-40-,48-46-,54-52-. The molecule has 0 amide bonds. The number of carbonyl (C=O) groups excluding carboxylic acids is 3. The topological polar surface area (TPSA) is 78.9 Å². The molecule has 0 heterocycles. The summed E-state index contributed by atoms with van der Waals surface area (Å²) in [5.74, 6) is -0.922. The molecule has 0 saturated heterocycles. The molecule has 82 heavy (non-hydrogen) atoms. The highest BCUT2D eigenvalue weighted by Crippen LogP contribution is 2.16. The summed E-state index contributed by atoms with van der Waals surface area (Å²) in [7, 11) is 0. The SMILES string of the molecule is CC/C=C\C/C=C\C/C=C\C/C=C\C/C=C\C/C=C\C/C=C\C/C=C\CCCCCCC(=O)OCC(COC(=O)CCCCCCCC)OC(=O)CCCCCCCCCCCCCCCCCC/C=C\C/C=C\C/C=C\C/C=C\CC. The smallest absolute Gasteiger partial charge is 0.306 e. The van der Waals surface area contributed by atoms with E-state index in [-0.39, 0.29) is 31.1 Å². The summed E-state index contributed by atoms with van der Waals surface area (Å²) in [6, 6.07) is 0. The van der Waals surface area contributed by atoms with Crippen LogP contribution in [-0.4, -0.2) is 37.2 Å². The van der Waals surface area contributed by atoms with Gasteiger partial charge in [-0.3, -0.25) is 14.4 Å². The third kappa shape index (κ3) is 66.1. The minimum atomic E-state index is -0.791. The Bertz CT molecular complexity index is 1780. The number of carbonyl (C=O) groups is 3. The van der Waals surface area contributed by atoms with Gasteiger partial charge in [0.25, 0.3) is 0 Å². The van der Waals surface area contributed by atoms with Crippen LogP contribution in [0.4, 0.5) is 0 Å². The third-order valence-electron chi connectivity index (χ3n) is 14.1.